The van der Waals surface area contributed by atoms with E-state index in [1.807, 2.05) is 4.68 Å². The van der Waals surface area contributed by atoms with Crippen molar-refractivity contribution in [1.82, 2.24) is 19.7 Å². The van der Waals surface area contributed by atoms with Crippen molar-refractivity contribution < 1.29 is 0 Å². The van der Waals surface area contributed by atoms with Gasteiger partial charge in [-0.1, -0.05) is 6.92 Å². The van der Waals surface area contributed by atoms with Crippen LogP contribution < -0.4 is 5.73 Å². The van der Waals surface area contributed by atoms with Gasteiger partial charge in [0, 0.05) is 18.6 Å². The quantitative estimate of drug-likeness (QED) is 0.851. The Bertz CT molecular complexity index is 368. The summed E-state index contributed by atoms with van der Waals surface area (Å²) in [5.41, 5.74) is 6.01. The molecule has 1 fully saturated rings. The normalized spacial score (nSPS) is 24.0. The average Bonchev–Trinajstić information content (AvgIpc) is 2.86. The average molecular weight is 265 g/mol. The molecule has 0 radical (unpaired) electrons. The molecule has 0 atom stereocenters. The van der Waals surface area contributed by atoms with Crippen LogP contribution >= 0.6 is 0 Å². The van der Waals surface area contributed by atoms with Crippen LogP contribution in [0.3, 0.4) is 0 Å². The van der Waals surface area contributed by atoms with E-state index in [2.05, 4.69) is 28.8 Å². The van der Waals surface area contributed by atoms with Gasteiger partial charge in [0.05, 0.1) is 6.54 Å². The maximum absolute atomic E-state index is 6.01. The molecule has 5 heteroatoms. The summed E-state index contributed by atoms with van der Waals surface area (Å²) in [7, 11) is 0. The van der Waals surface area contributed by atoms with Gasteiger partial charge in [-0.2, -0.15) is 5.10 Å². The van der Waals surface area contributed by atoms with Gasteiger partial charge >= 0.3 is 0 Å². The summed E-state index contributed by atoms with van der Waals surface area (Å²) in [4.78, 5) is 6.98. The van der Waals surface area contributed by atoms with Crippen molar-refractivity contribution in [3.05, 3.63) is 12.2 Å². The fraction of sp³-hybridized carbons (Fsp3) is 0.857. The zero-order valence-electron chi connectivity index (χ0n) is 12.3. The third-order valence-corrected chi connectivity index (χ3v) is 4.11. The van der Waals surface area contributed by atoms with E-state index in [1.165, 1.54) is 19.3 Å². The van der Waals surface area contributed by atoms with Crippen molar-refractivity contribution in [3.8, 4) is 0 Å². The van der Waals surface area contributed by atoms with Crippen molar-refractivity contribution >= 4 is 0 Å². The molecule has 0 saturated heterocycles. The number of hydrogen-bond donors (Lipinski definition) is 1. The molecule has 2 N–H and O–H groups in total. The van der Waals surface area contributed by atoms with Gasteiger partial charge in [0.15, 0.2) is 0 Å². The summed E-state index contributed by atoms with van der Waals surface area (Å²) in [5.74, 6) is 1.09. The van der Waals surface area contributed by atoms with E-state index >= 15 is 0 Å². The lowest BCUT2D eigenvalue weighted by Crippen LogP contribution is -2.41. The SMILES string of the molecule is CCCN(Cc1ncnn1CC)C1CCC(N)CC1. The summed E-state index contributed by atoms with van der Waals surface area (Å²) in [6, 6.07) is 1.08. The Labute approximate surface area is 116 Å². The fourth-order valence-electron chi connectivity index (χ4n) is 3.00. The summed E-state index contributed by atoms with van der Waals surface area (Å²) < 4.78 is 2.00. The Hall–Kier alpha value is -0.940. The van der Waals surface area contributed by atoms with Gasteiger partial charge in [0.2, 0.25) is 0 Å². The highest BCUT2D eigenvalue weighted by molar-refractivity contribution is 4.88. The Morgan fingerprint density at radius 1 is 1.32 bits per heavy atom. The van der Waals surface area contributed by atoms with Crippen LogP contribution in [0, 0.1) is 0 Å². The fourth-order valence-corrected chi connectivity index (χ4v) is 3.00. The van der Waals surface area contributed by atoms with Gasteiger partial charge in [-0.15, -0.1) is 0 Å². The maximum Gasteiger partial charge on any atom is 0.141 e. The second-order valence-electron chi connectivity index (χ2n) is 5.53. The number of hydrogen-bond acceptors (Lipinski definition) is 4. The van der Waals surface area contributed by atoms with Crippen molar-refractivity contribution in [1.29, 1.82) is 0 Å². The molecule has 19 heavy (non-hydrogen) atoms. The van der Waals surface area contributed by atoms with Crippen LogP contribution in [0.1, 0.15) is 51.8 Å². The van der Waals surface area contributed by atoms with Crippen molar-refractivity contribution in [3.63, 3.8) is 0 Å². The lowest BCUT2D eigenvalue weighted by molar-refractivity contribution is 0.136. The van der Waals surface area contributed by atoms with Gasteiger partial charge in [-0.3, -0.25) is 4.90 Å². The topological polar surface area (TPSA) is 60.0 Å². The summed E-state index contributed by atoms with van der Waals surface area (Å²) in [6.07, 6.45) is 7.61. The molecule has 1 saturated carbocycles. The first-order valence-electron chi connectivity index (χ1n) is 7.60. The highest BCUT2D eigenvalue weighted by Crippen LogP contribution is 2.23. The van der Waals surface area contributed by atoms with Crippen LogP contribution in [0.5, 0.6) is 0 Å². The minimum Gasteiger partial charge on any atom is -0.328 e. The number of aromatic nitrogens is 3. The lowest BCUT2D eigenvalue weighted by atomic mass is 9.90. The largest absolute Gasteiger partial charge is 0.328 e. The molecule has 1 aromatic heterocycles. The van der Waals surface area contributed by atoms with Crippen molar-refractivity contribution in [2.24, 2.45) is 5.73 Å². The molecule has 0 bridgehead atoms. The standard InChI is InChI=1S/C14H27N5/c1-3-9-18(13-7-5-12(15)6-8-13)10-14-16-11-17-19(14)4-2/h11-13H,3-10,15H2,1-2H3. The monoisotopic (exact) mass is 265 g/mol. The van der Waals surface area contributed by atoms with Crippen LogP contribution in [0.15, 0.2) is 6.33 Å². The molecule has 2 rings (SSSR count). The van der Waals surface area contributed by atoms with E-state index < -0.39 is 0 Å². The Morgan fingerprint density at radius 2 is 2.05 bits per heavy atom. The first kappa shape index (κ1) is 14.5. The third kappa shape index (κ3) is 3.76. The van der Waals surface area contributed by atoms with E-state index in [-0.39, 0.29) is 0 Å². The van der Waals surface area contributed by atoms with E-state index in [4.69, 9.17) is 5.73 Å². The highest BCUT2D eigenvalue weighted by Gasteiger charge is 2.24. The molecular weight excluding hydrogens is 238 g/mol. The second-order valence-corrected chi connectivity index (χ2v) is 5.53. The second kappa shape index (κ2) is 7.01. The third-order valence-electron chi connectivity index (χ3n) is 4.11. The van der Waals surface area contributed by atoms with Crippen LogP contribution in [0.25, 0.3) is 0 Å². The predicted molar refractivity (Wildman–Crippen MR) is 76.6 cm³/mol. The van der Waals surface area contributed by atoms with Crippen LogP contribution in [-0.4, -0.2) is 38.3 Å². The number of nitrogens with two attached hydrogens (primary N) is 1. The van der Waals surface area contributed by atoms with Crippen LogP contribution in [-0.2, 0) is 13.1 Å². The molecule has 1 aliphatic rings. The molecule has 0 aliphatic heterocycles. The van der Waals surface area contributed by atoms with Gasteiger partial charge in [0.25, 0.3) is 0 Å². The molecule has 1 aliphatic carbocycles. The van der Waals surface area contributed by atoms with E-state index in [0.29, 0.717) is 12.1 Å². The number of aryl methyl sites for hydroxylation is 1. The predicted octanol–water partition coefficient (Wildman–Crippen LogP) is 1.78. The molecule has 0 unspecified atom stereocenters. The number of nitrogens with zero attached hydrogens (tertiary/aromatic N) is 4. The Kier molecular flexibility index (Phi) is 5.34. The first-order valence-corrected chi connectivity index (χ1v) is 7.60. The van der Waals surface area contributed by atoms with Crippen LogP contribution in [0.4, 0.5) is 0 Å². The first-order chi connectivity index (χ1) is 9.24. The lowest BCUT2D eigenvalue weighted by Gasteiger charge is -2.35. The summed E-state index contributed by atoms with van der Waals surface area (Å²) >= 11 is 0. The molecule has 1 aromatic rings. The van der Waals surface area contributed by atoms with Gasteiger partial charge in [-0.05, 0) is 45.6 Å². The van der Waals surface area contributed by atoms with E-state index in [0.717, 1.165) is 38.3 Å². The van der Waals surface area contributed by atoms with E-state index in [1.54, 1.807) is 6.33 Å². The van der Waals surface area contributed by atoms with Gasteiger partial charge in [-0.25, -0.2) is 9.67 Å². The van der Waals surface area contributed by atoms with Crippen molar-refractivity contribution in [2.45, 2.75) is 71.1 Å². The van der Waals surface area contributed by atoms with Gasteiger partial charge in [0.1, 0.15) is 12.2 Å². The zero-order valence-corrected chi connectivity index (χ0v) is 12.3. The molecule has 5 nitrogen and oxygen atoms in total. The molecule has 108 valence electrons. The molecule has 1 heterocycles. The molecule has 0 spiro atoms. The summed E-state index contributed by atoms with van der Waals surface area (Å²) in [6.45, 7) is 7.30. The maximum atomic E-state index is 6.01. The highest BCUT2D eigenvalue weighted by atomic mass is 15.3. The minimum absolute atomic E-state index is 0.416. The van der Waals surface area contributed by atoms with E-state index in [9.17, 15) is 0 Å². The minimum atomic E-state index is 0.416. The number of rotatable bonds is 6. The van der Waals surface area contributed by atoms with Crippen molar-refractivity contribution in [2.75, 3.05) is 6.54 Å². The molecule has 0 amide bonds. The van der Waals surface area contributed by atoms with Crippen LogP contribution in [0.2, 0.25) is 0 Å². The molecule has 0 aromatic carbocycles. The zero-order chi connectivity index (χ0) is 13.7. The van der Waals surface area contributed by atoms with Gasteiger partial charge < -0.3 is 5.73 Å². The Balaban J connectivity index is 1.99. The molecular formula is C14H27N5. The smallest absolute Gasteiger partial charge is 0.141 e. The Morgan fingerprint density at radius 3 is 2.68 bits per heavy atom. The summed E-state index contributed by atoms with van der Waals surface area (Å²) in [5, 5.41) is 4.26.